The fourth-order valence-corrected chi connectivity index (χ4v) is 3.25. The van der Waals surface area contributed by atoms with Crippen LogP contribution in [0.5, 0.6) is 11.5 Å². The molecule has 7 nitrogen and oxygen atoms in total. The highest BCUT2D eigenvalue weighted by atomic mass is 16.5. The molecule has 0 atom stereocenters. The number of phenols is 1. The third kappa shape index (κ3) is 4.00. The molecule has 0 saturated heterocycles. The van der Waals surface area contributed by atoms with E-state index in [4.69, 9.17) is 4.74 Å². The lowest BCUT2D eigenvalue weighted by Gasteiger charge is -2.09. The fraction of sp³-hybridized carbons (Fsp3) is 0.182. The van der Waals surface area contributed by atoms with Crippen LogP contribution in [-0.2, 0) is 6.54 Å². The molecular weight excluding hydrogens is 366 g/mol. The first-order valence-corrected chi connectivity index (χ1v) is 9.25. The molecule has 7 heteroatoms. The fourth-order valence-electron chi connectivity index (χ4n) is 3.25. The lowest BCUT2D eigenvalue weighted by molar-refractivity contribution is 0.373. The van der Waals surface area contributed by atoms with Crippen LogP contribution in [0.25, 0.3) is 22.3 Å². The zero-order chi connectivity index (χ0) is 20.4. The van der Waals surface area contributed by atoms with E-state index in [2.05, 4.69) is 63.5 Å². The first-order valence-electron chi connectivity index (χ1n) is 9.25. The van der Waals surface area contributed by atoms with Crippen molar-refractivity contribution in [2.24, 2.45) is 0 Å². The Kier molecular flexibility index (Phi) is 5.05. The number of nitrogens with zero attached hydrogens (tertiary/aromatic N) is 3. The first-order chi connectivity index (χ1) is 14.0. The summed E-state index contributed by atoms with van der Waals surface area (Å²) in [6.07, 6.45) is 1.51. The summed E-state index contributed by atoms with van der Waals surface area (Å²) in [5, 5.41) is 14.1. The van der Waals surface area contributed by atoms with E-state index in [1.54, 1.807) is 12.1 Å². The van der Waals surface area contributed by atoms with Gasteiger partial charge in [0.15, 0.2) is 11.5 Å². The van der Waals surface area contributed by atoms with Crippen LogP contribution in [0, 0.1) is 0 Å². The maximum Gasteiger partial charge on any atom is 0.160 e. The van der Waals surface area contributed by atoms with Gasteiger partial charge in [0.2, 0.25) is 0 Å². The normalized spacial score (nSPS) is 11.2. The molecule has 3 N–H and O–H groups in total. The van der Waals surface area contributed by atoms with Crippen molar-refractivity contribution in [3.05, 3.63) is 60.4 Å². The molecule has 0 aliphatic carbocycles. The van der Waals surface area contributed by atoms with Gasteiger partial charge in [-0.2, -0.15) is 0 Å². The van der Waals surface area contributed by atoms with Crippen molar-refractivity contribution in [2.75, 3.05) is 26.5 Å². The maximum absolute atomic E-state index is 10.0. The number of H-pyrrole nitrogens is 1. The average Bonchev–Trinajstić information content (AvgIpc) is 3.14. The summed E-state index contributed by atoms with van der Waals surface area (Å²) in [7, 11) is 5.63. The molecule has 0 amide bonds. The van der Waals surface area contributed by atoms with Crippen LogP contribution in [0.2, 0.25) is 0 Å². The number of anilines is 2. The van der Waals surface area contributed by atoms with E-state index in [0.717, 1.165) is 28.8 Å². The van der Waals surface area contributed by atoms with Gasteiger partial charge in [-0.1, -0.05) is 24.3 Å². The second-order valence-electron chi connectivity index (χ2n) is 7.11. The Morgan fingerprint density at radius 2 is 1.86 bits per heavy atom. The number of nitrogens with one attached hydrogen (secondary N) is 2. The predicted octanol–water partition coefficient (Wildman–Crippen LogP) is 4.14. The van der Waals surface area contributed by atoms with Gasteiger partial charge in [-0.05, 0) is 43.4 Å². The number of ether oxygens (including phenoxy) is 1. The molecule has 4 rings (SSSR count). The Morgan fingerprint density at radius 1 is 1.07 bits per heavy atom. The number of rotatable bonds is 6. The van der Waals surface area contributed by atoms with Crippen LogP contribution in [0.4, 0.5) is 11.5 Å². The number of benzene rings is 2. The zero-order valence-electron chi connectivity index (χ0n) is 16.6. The Balaban J connectivity index is 1.64. The Morgan fingerprint density at radius 3 is 2.55 bits per heavy atom. The third-order valence-electron chi connectivity index (χ3n) is 4.63. The van der Waals surface area contributed by atoms with Gasteiger partial charge < -0.3 is 25.0 Å². The summed E-state index contributed by atoms with van der Waals surface area (Å²) in [6.45, 7) is 0.904. The average molecular weight is 389 g/mol. The van der Waals surface area contributed by atoms with Gasteiger partial charge in [0.25, 0.3) is 0 Å². The summed E-state index contributed by atoms with van der Waals surface area (Å²) < 4.78 is 5.09. The van der Waals surface area contributed by atoms with Crippen molar-refractivity contribution in [1.82, 2.24) is 19.9 Å². The summed E-state index contributed by atoms with van der Waals surface area (Å²) in [5.41, 5.74) is 4.76. The molecule has 0 aliphatic heterocycles. The topological polar surface area (TPSA) is 86.3 Å². The summed E-state index contributed by atoms with van der Waals surface area (Å²) in [6, 6.07) is 15.6. The van der Waals surface area contributed by atoms with E-state index in [1.807, 2.05) is 12.1 Å². The van der Waals surface area contributed by atoms with E-state index < -0.39 is 0 Å². The van der Waals surface area contributed by atoms with Gasteiger partial charge in [0, 0.05) is 24.0 Å². The van der Waals surface area contributed by atoms with E-state index in [9.17, 15) is 5.11 Å². The standard InChI is InChI=1S/C22H23N5O2/c1-27(2)12-14-4-6-15(7-5-14)18-11-17-21(23-13-24-22(17)26-18)25-16-8-9-20(29-3)19(28)10-16/h4-11,13,28H,12H2,1-3H3,(H2,23,24,25,26). The Bertz CT molecular complexity index is 1140. The minimum Gasteiger partial charge on any atom is -0.504 e. The van der Waals surface area contributed by atoms with Crippen molar-refractivity contribution in [3.8, 4) is 22.8 Å². The largest absolute Gasteiger partial charge is 0.504 e. The van der Waals surface area contributed by atoms with Gasteiger partial charge in [-0.25, -0.2) is 9.97 Å². The smallest absolute Gasteiger partial charge is 0.160 e. The minimum absolute atomic E-state index is 0.0652. The van der Waals surface area contributed by atoms with Crippen LogP contribution >= 0.6 is 0 Å². The van der Waals surface area contributed by atoms with E-state index in [1.165, 1.54) is 19.0 Å². The van der Waals surface area contributed by atoms with Crippen molar-refractivity contribution >= 4 is 22.5 Å². The molecule has 29 heavy (non-hydrogen) atoms. The van der Waals surface area contributed by atoms with Crippen LogP contribution in [0.15, 0.2) is 54.9 Å². The lowest BCUT2D eigenvalue weighted by Crippen LogP contribution is -2.10. The zero-order valence-corrected chi connectivity index (χ0v) is 16.6. The number of aromatic hydroxyl groups is 1. The van der Waals surface area contributed by atoms with Crippen LogP contribution in [-0.4, -0.2) is 46.2 Å². The van der Waals surface area contributed by atoms with Crippen molar-refractivity contribution in [3.63, 3.8) is 0 Å². The summed E-state index contributed by atoms with van der Waals surface area (Å²) >= 11 is 0. The van der Waals surface area contributed by atoms with Crippen LogP contribution in [0.3, 0.4) is 0 Å². The van der Waals surface area contributed by atoms with Gasteiger partial charge in [0.1, 0.15) is 17.8 Å². The van der Waals surface area contributed by atoms with E-state index in [-0.39, 0.29) is 5.75 Å². The van der Waals surface area contributed by atoms with Crippen molar-refractivity contribution in [2.45, 2.75) is 6.54 Å². The molecule has 0 bridgehead atoms. The first kappa shape index (κ1) is 18.8. The maximum atomic E-state index is 10.0. The second-order valence-corrected chi connectivity index (χ2v) is 7.11. The van der Waals surface area contributed by atoms with Gasteiger partial charge >= 0.3 is 0 Å². The quantitative estimate of drug-likeness (QED) is 0.459. The van der Waals surface area contributed by atoms with Crippen molar-refractivity contribution < 1.29 is 9.84 Å². The summed E-state index contributed by atoms with van der Waals surface area (Å²) in [5.74, 6) is 1.15. The lowest BCUT2D eigenvalue weighted by atomic mass is 10.1. The number of phenolic OH excluding ortho intramolecular Hbond substituents is 1. The highest BCUT2D eigenvalue weighted by Gasteiger charge is 2.11. The highest BCUT2D eigenvalue weighted by molar-refractivity contribution is 5.93. The molecular formula is C22H23N5O2. The van der Waals surface area contributed by atoms with Gasteiger partial charge in [-0.15, -0.1) is 0 Å². The number of hydrogen-bond donors (Lipinski definition) is 3. The molecule has 0 spiro atoms. The predicted molar refractivity (Wildman–Crippen MR) is 115 cm³/mol. The molecule has 0 fully saturated rings. The number of hydrogen-bond acceptors (Lipinski definition) is 6. The molecule has 0 unspecified atom stereocenters. The SMILES string of the molecule is COc1ccc(Nc2ncnc3[nH]c(-c4ccc(CN(C)C)cc4)cc23)cc1O. The van der Waals surface area contributed by atoms with Crippen LogP contribution < -0.4 is 10.1 Å². The van der Waals surface area contributed by atoms with Crippen molar-refractivity contribution in [1.29, 1.82) is 0 Å². The molecule has 2 aromatic carbocycles. The monoisotopic (exact) mass is 389 g/mol. The molecule has 0 saturated carbocycles. The van der Waals surface area contributed by atoms with E-state index in [0.29, 0.717) is 17.3 Å². The van der Waals surface area contributed by atoms with Gasteiger partial charge in [-0.3, -0.25) is 0 Å². The number of fused-ring (bicyclic) bond motifs is 1. The van der Waals surface area contributed by atoms with Gasteiger partial charge in [0.05, 0.1) is 12.5 Å². The number of aromatic nitrogens is 3. The molecule has 0 radical (unpaired) electrons. The molecule has 0 aliphatic rings. The third-order valence-corrected chi connectivity index (χ3v) is 4.63. The minimum atomic E-state index is 0.0652. The Hall–Kier alpha value is -3.58. The number of aromatic amines is 1. The van der Waals surface area contributed by atoms with Crippen LogP contribution in [0.1, 0.15) is 5.56 Å². The summed E-state index contributed by atoms with van der Waals surface area (Å²) in [4.78, 5) is 14.2. The molecule has 148 valence electrons. The molecule has 2 aromatic heterocycles. The Labute approximate surface area is 169 Å². The molecule has 4 aromatic rings. The molecule has 2 heterocycles. The highest BCUT2D eigenvalue weighted by Crippen LogP contribution is 2.32. The second kappa shape index (κ2) is 7.81. The number of methoxy groups -OCH3 is 1. The van der Waals surface area contributed by atoms with E-state index >= 15 is 0 Å².